The van der Waals surface area contributed by atoms with E-state index in [-0.39, 0.29) is 17.7 Å². The monoisotopic (exact) mass is 348 g/mol. The second-order valence-electron chi connectivity index (χ2n) is 5.65. The van der Waals surface area contributed by atoms with Gasteiger partial charge < -0.3 is 10.6 Å². The van der Waals surface area contributed by atoms with Gasteiger partial charge in [-0.25, -0.2) is 0 Å². The number of amides is 2. The summed E-state index contributed by atoms with van der Waals surface area (Å²) >= 11 is 6.14. The number of nitrogens with zero attached hydrogens (tertiary/aromatic N) is 2. The molecule has 2 amide bonds. The van der Waals surface area contributed by atoms with Crippen molar-refractivity contribution >= 4 is 29.1 Å². The van der Waals surface area contributed by atoms with Crippen LogP contribution in [0.2, 0.25) is 5.02 Å². The Morgan fingerprint density at radius 1 is 1.25 bits per heavy atom. The van der Waals surface area contributed by atoms with Crippen LogP contribution in [0.5, 0.6) is 0 Å². The quantitative estimate of drug-likeness (QED) is 0.870. The number of nitrogens with one attached hydrogen (secondary N) is 2. The second kappa shape index (κ2) is 7.49. The van der Waals surface area contributed by atoms with E-state index in [2.05, 4.69) is 15.7 Å². The largest absolute Gasteiger partial charge is 0.355 e. The van der Waals surface area contributed by atoms with Crippen molar-refractivity contribution in [3.8, 4) is 0 Å². The molecular weight excluding hydrogens is 328 g/mol. The molecule has 0 spiro atoms. The molecule has 0 unspecified atom stereocenters. The number of rotatable bonds is 5. The molecule has 2 rings (SSSR count). The number of hydrogen-bond acceptors (Lipinski definition) is 3. The molecule has 1 aromatic carbocycles. The van der Waals surface area contributed by atoms with Crippen LogP contribution < -0.4 is 10.6 Å². The SMILES string of the molecule is CCn1nc(C(C)C)cc1C(=O)Nc1cc(C(=O)NC)ccc1Cl. The van der Waals surface area contributed by atoms with Crippen LogP contribution in [-0.2, 0) is 6.54 Å². The van der Waals surface area contributed by atoms with Crippen molar-refractivity contribution in [3.05, 3.63) is 46.2 Å². The zero-order chi connectivity index (χ0) is 17.9. The molecule has 2 aromatic rings. The normalized spacial score (nSPS) is 10.8. The fraction of sp³-hybridized carbons (Fsp3) is 0.353. The van der Waals surface area contributed by atoms with Crippen LogP contribution >= 0.6 is 11.6 Å². The third kappa shape index (κ3) is 3.76. The highest BCUT2D eigenvalue weighted by Gasteiger charge is 2.18. The van der Waals surface area contributed by atoms with E-state index < -0.39 is 0 Å². The average Bonchev–Trinajstić information content (AvgIpc) is 3.00. The number of aryl methyl sites for hydroxylation is 1. The summed E-state index contributed by atoms with van der Waals surface area (Å²) in [5, 5.41) is 10.1. The number of hydrogen-bond donors (Lipinski definition) is 2. The second-order valence-corrected chi connectivity index (χ2v) is 6.06. The number of halogens is 1. The Labute approximate surface area is 146 Å². The standard InChI is InChI=1S/C17H21ClN4O2/c1-5-22-15(9-13(21-22)10(2)3)17(24)20-14-8-11(16(23)19-4)6-7-12(14)18/h6-10H,5H2,1-4H3,(H,19,23)(H,20,24). The first-order valence-corrected chi connectivity index (χ1v) is 8.15. The van der Waals surface area contributed by atoms with Gasteiger partial charge in [0.2, 0.25) is 0 Å². The van der Waals surface area contributed by atoms with Gasteiger partial charge in [0.05, 0.1) is 16.4 Å². The summed E-state index contributed by atoms with van der Waals surface area (Å²) in [6, 6.07) is 6.51. The maximum absolute atomic E-state index is 12.6. The first-order valence-electron chi connectivity index (χ1n) is 7.78. The van der Waals surface area contributed by atoms with Crippen LogP contribution in [-0.4, -0.2) is 28.6 Å². The number of carbonyl (C=O) groups is 2. The van der Waals surface area contributed by atoms with Crippen LogP contribution in [0.15, 0.2) is 24.3 Å². The van der Waals surface area contributed by atoms with Gasteiger partial charge in [0.1, 0.15) is 5.69 Å². The van der Waals surface area contributed by atoms with Crippen LogP contribution in [0.25, 0.3) is 0 Å². The lowest BCUT2D eigenvalue weighted by molar-refractivity contribution is 0.0961. The molecular formula is C17H21ClN4O2. The van der Waals surface area contributed by atoms with Crippen molar-refractivity contribution < 1.29 is 9.59 Å². The van der Waals surface area contributed by atoms with Gasteiger partial charge in [-0.05, 0) is 37.1 Å². The third-order valence-corrected chi connectivity index (χ3v) is 3.96. The minimum Gasteiger partial charge on any atom is -0.355 e. The summed E-state index contributed by atoms with van der Waals surface area (Å²) in [5.74, 6) is -0.334. The van der Waals surface area contributed by atoms with Gasteiger partial charge >= 0.3 is 0 Å². The lowest BCUT2D eigenvalue weighted by Crippen LogP contribution is -2.20. The number of aromatic nitrogens is 2. The molecule has 6 nitrogen and oxygen atoms in total. The summed E-state index contributed by atoms with van der Waals surface area (Å²) in [6.45, 7) is 6.55. The minimum atomic E-state index is -0.313. The smallest absolute Gasteiger partial charge is 0.273 e. The molecule has 2 N–H and O–H groups in total. The van der Waals surface area contributed by atoms with Gasteiger partial charge in [-0.15, -0.1) is 0 Å². The highest BCUT2D eigenvalue weighted by Crippen LogP contribution is 2.24. The summed E-state index contributed by atoms with van der Waals surface area (Å²) in [5.41, 5.74) is 2.12. The number of benzene rings is 1. The highest BCUT2D eigenvalue weighted by molar-refractivity contribution is 6.34. The molecule has 0 aliphatic heterocycles. The summed E-state index contributed by atoms with van der Waals surface area (Å²) < 4.78 is 1.65. The lowest BCUT2D eigenvalue weighted by atomic mass is 10.1. The van der Waals surface area contributed by atoms with E-state index in [1.54, 1.807) is 36.0 Å². The van der Waals surface area contributed by atoms with Crippen LogP contribution in [0, 0.1) is 0 Å². The first kappa shape index (κ1) is 18.0. The zero-order valence-electron chi connectivity index (χ0n) is 14.2. The van der Waals surface area contributed by atoms with Crippen LogP contribution in [0.3, 0.4) is 0 Å². The van der Waals surface area contributed by atoms with Crippen LogP contribution in [0.1, 0.15) is 53.2 Å². The van der Waals surface area contributed by atoms with Crippen molar-refractivity contribution in [1.29, 1.82) is 0 Å². The lowest BCUT2D eigenvalue weighted by Gasteiger charge is -2.10. The highest BCUT2D eigenvalue weighted by atomic mass is 35.5. The summed E-state index contributed by atoms with van der Waals surface area (Å²) in [6.07, 6.45) is 0. The Bertz CT molecular complexity index is 768. The molecule has 0 saturated heterocycles. The maximum atomic E-state index is 12.6. The van der Waals surface area contributed by atoms with Gasteiger partial charge in [-0.1, -0.05) is 25.4 Å². The third-order valence-electron chi connectivity index (χ3n) is 3.63. The van der Waals surface area contributed by atoms with Crippen molar-refractivity contribution in [2.24, 2.45) is 0 Å². The zero-order valence-corrected chi connectivity index (χ0v) is 14.9. The van der Waals surface area contributed by atoms with E-state index in [1.165, 1.54) is 0 Å². The fourth-order valence-electron chi connectivity index (χ4n) is 2.24. The van der Waals surface area contributed by atoms with Gasteiger partial charge in [0.15, 0.2) is 0 Å². The Kier molecular flexibility index (Phi) is 5.62. The predicted molar refractivity (Wildman–Crippen MR) is 94.8 cm³/mol. The Morgan fingerprint density at radius 3 is 2.54 bits per heavy atom. The Morgan fingerprint density at radius 2 is 1.96 bits per heavy atom. The molecule has 128 valence electrons. The predicted octanol–water partition coefficient (Wildman–Crippen LogP) is 3.29. The van der Waals surface area contributed by atoms with Crippen molar-refractivity contribution in [2.45, 2.75) is 33.2 Å². The van der Waals surface area contributed by atoms with Gasteiger partial charge in [0.25, 0.3) is 11.8 Å². The van der Waals surface area contributed by atoms with E-state index in [0.29, 0.717) is 28.5 Å². The van der Waals surface area contributed by atoms with E-state index >= 15 is 0 Å². The summed E-state index contributed by atoms with van der Waals surface area (Å²) in [4.78, 5) is 24.3. The molecule has 0 saturated carbocycles. The van der Waals surface area contributed by atoms with Gasteiger partial charge in [0, 0.05) is 19.2 Å². The van der Waals surface area contributed by atoms with Crippen molar-refractivity contribution in [2.75, 3.05) is 12.4 Å². The average molecular weight is 349 g/mol. The first-order chi connectivity index (χ1) is 11.4. The van der Waals surface area contributed by atoms with Crippen LogP contribution in [0.4, 0.5) is 5.69 Å². The van der Waals surface area contributed by atoms with Gasteiger partial charge in [-0.2, -0.15) is 5.10 Å². The maximum Gasteiger partial charge on any atom is 0.273 e. The molecule has 0 bridgehead atoms. The van der Waals surface area contributed by atoms with E-state index in [9.17, 15) is 9.59 Å². The Balaban J connectivity index is 2.31. The number of carbonyl (C=O) groups excluding carboxylic acids is 2. The van der Waals surface area contributed by atoms with Crippen molar-refractivity contribution in [1.82, 2.24) is 15.1 Å². The van der Waals surface area contributed by atoms with E-state index in [1.807, 2.05) is 20.8 Å². The van der Waals surface area contributed by atoms with Crippen molar-refractivity contribution in [3.63, 3.8) is 0 Å². The molecule has 7 heteroatoms. The molecule has 1 heterocycles. The van der Waals surface area contributed by atoms with E-state index in [0.717, 1.165) is 5.69 Å². The Hall–Kier alpha value is -2.34. The topological polar surface area (TPSA) is 76.0 Å². The molecule has 1 aromatic heterocycles. The van der Waals surface area contributed by atoms with Gasteiger partial charge in [-0.3, -0.25) is 14.3 Å². The molecule has 0 atom stereocenters. The molecule has 0 aliphatic carbocycles. The van der Waals surface area contributed by atoms with E-state index in [4.69, 9.17) is 11.6 Å². The fourth-order valence-corrected chi connectivity index (χ4v) is 2.40. The number of anilines is 1. The molecule has 0 radical (unpaired) electrons. The minimum absolute atomic E-state index is 0.226. The molecule has 0 aliphatic rings. The molecule has 0 fully saturated rings. The summed E-state index contributed by atoms with van der Waals surface area (Å²) in [7, 11) is 1.54. The molecule has 24 heavy (non-hydrogen) atoms.